The van der Waals surface area contributed by atoms with Crippen LogP contribution in [0.5, 0.6) is 5.75 Å². The summed E-state index contributed by atoms with van der Waals surface area (Å²) < 4.78 is 5.41. The SMILES string of the molecule is CCOc1ccnc(CS)c1C. The van der Waals surface area contributed by atoms with E-state index in [-0.39, 0.29) is 0 Å². The molecular weight excluding hydrogens is 170 g/mol. The van der Waals surface area contributed by atoms with E-state index in [1.807, 2.05) is 19.9 Å². The van der Waals surface area contributed by atoms with Gasteiger partial charge in [0.1, 0.15) is 5.75 Å². The number of aromatic nitrogens is 1. The molecule has 1 aromatic rings. The lowest BCUT2D eigenvalue weighted by atomic mass is 10.2. The molecule has 2 nitrogen and oxygen atoms in total. The quantitative estimate of drug-likeness (QED) is 0.726. The predicted molar refractivity (Wildman–Crippen MR) is 52.8 cm³/mol. The summed E-state index contributed by atoms with van der Waals surface area (Å²) in [5.41, 5.74) is 2.08. The summed E-state index contributed by atoms with van der Waals surface area (Å²) in [6, 6.07) is 1.88. The molecule has 1 heterocycles. The van der Waals surface area contributed by atoms with Crippen LogP contribution in [0, 0.1) is 6.92 Å². The van der Waals surface area contributed by atoms with Crippen LogP contribution in [0.15, 0.2) is 12.3 Å². The predicted octanol–water partition coefficient (Wildman–Crippen LogP) is 2.22. The van der Waals surface area contributed by atoms with Crippen LogP contribution in [-0.4, -0.2) is 11.6 Å². The van der Waals surface area contributed by atoms with E-state index in [0.717, 1.165) is 17.0 Å². The van der Waals surface area contributed by atoms with E-state index < -0.39 is 0 Å². The number of ether oxygens (including phenoxy) is 1. The highest BCUT2D eigenvalue weighted by molar-refractivity contribution is 7.79. The van der Waals surface area contributed by atoms with Gasteiger partial charge < -0.3 is 4.74 Å². The second-order valence-electron chi connectivity index (χ2n) is 2.47. The fraction of sp³-hybridized carbons (Fsp3) is 0.444. The van der Waals surface area contributed by atoms with Crippen molar-refractivity contribution in [1.29, 1.82) is 0 Å². The minimum atomic E-state index is 0.659. The molecular formula is C9H13NOS. The Morgan fingerprint density at radius 3 is 2.92 bits per heavy atom. The Kier molecular flexibility index (Phi) is 3.41. The summed E-state index contributed by atoms with van der Waals surface area (Å²) in [6.07, 6.45) is 1.75. The molecule has 0 amide bonds. The van der Waals surface area contributed by atoms with Gasteiger partial charge in [0, 0.05) is 17.5 Å². The molecule has 0 aromatic carbocycles. The van der Waals surface area contributed by atoms with Crippen molar-refractivity contribution in [1.82, 2.24) is 4.98 Å². The maximum atomic E-state index is 5.41. The van der Waals surface area contributed by atoms with Crippen molar-refractivity contribution in [3.05, 3.63) is 23.5 Å². The van der Waals surface area contributed by atoms with Crippen LogP contribution >= 0.6 is 12.6 Å². The highest BCUT2D eigenvalue weighted by Gasteiger charge is 2.03. The van der Waals surface area contributed by atoms with Crippen molar-refractivity contribution in [3.8, 4) is 5.75 Å². The zero-order chi connectivity index (χ0) is 8.97. The fourth-order valence-corrected chi connectivity index (χ4v) is 1.35. The molecule has 0 aliphatic heterocycles. The molecule has 0 bridgehead atoms. The minimum Gasteiger partial charge on any atom is -0.493 e. The van der Waals surface area contributed by atoms with Crippen LogP contribution < -0.4 is 4.74 Å². The average molecular weight is 183 g/mol. The van der Waals surface area contributed by atoms with Crippen molar-refractivity contribution in [2.75, 3.05) is 6.61 Å². The van der Waals surface area contributed by atoms with Gasteiger partial charge in [-0.25, -0.2) is 0 Å². The van der Waals surface area contributed by atoms with Gasteiger partial charge in [-0.2, -0.15) is 12.6 Å². The van der Waals surface area contributed by atoms with E-state index in [4.69, 9.17) is 4.74 Å². The van der Waals surface area contributed by atoms with Crippen molar-refractivity contribution in [2.45, 2.75) is 19.6 Å². The summed E-state index contributed by atoms with van der Waals surface area (Å²) in [5.74, 6) is 1.57. The van der Waals surface area contributed by atoms with Gasteiger partial charge in [-0.15, -0.1) is 0 Å². The van der Waals surface area contributed by atoms with Crippen molar-refractivity contribution in [2.24, 2.45) is 0 Å². The smallest absolute Gasteiger partial charge is 0.125 e. The monoisotopic (exact) mass is 183 g/mol. The van der Waals surface area contributed by atoms with Gasteiger partial charge in [0.05, 0.1) is 12.3 Å². The van der Waals surface area contributed by atoms with E-state index in [1.54, 1.807) is 6.20 Å². The number of thiol groups is 1. The molecule has 0 saturated heterocycles. The molecule has 0 radical (unpaired) electrons. The van der Waals surface area contributed by atoms with Gasteiger partial charge in [0.2, 0.25) is 0 Å². The Labute approximate surface area is 78.4 Å². The first-order chi connectivity index (χ1) is 5.79. The van der Waals surface area contributed by atoms with Crippen LogP contribution in [0.3, 0.4) is 0 Å². The second kappa shape index (κ2) is 4.36. The molecule has 3 heteroatoms. The Morgan fingerprint density at radius 2 is 2.33 bits per heavy atom. The molecule has 12 heavy (non-hydrogen) atoms. The van der Waals surface area contributed by atoms with Crippen LogP contribution in [0.4, 0.5) is 0 Å². The summed E-state index contributed by atoms with van der Waals surface area (Å²) in [4.78, 5) is 4.18. The minimum absolute atomic E-state index is 0.659. The second-order valence-corrected chi connectivity index (χ2v) is 2.79. The zero-order valence-corrected chi connectivity index (χ0v) is 8.27. The molecule has 0 spiro atoms. The third-order valence-electron chi connectivity index (χ3n) is 1.71. The summed E-state index contributed by atoms with van der Waals surface area (Å²) >= 11 is 4.18. The number of hydrogen-bond donors (Lipinski definition) is 1. The normalized spacial score (nSPS) is 9.92. The van der Waals surface area contributed by atoms with Gasteiger partial charge in [0.15, 0.2) is 0 Å². The number of pyridine rings is 1. The molecule has 0 fully saturated rings. The Hall–Kier alpha value is -0.700. The Morgan fingerprint density at radius 1 is 1.58 bits per heavy atom. The van der Waals surface area contributed by atoms with E-state index >= 15 is 0 Å². The van der Waals surface area contributed by atoms with Crippen LogP contribution in [0.2, 0.25) is 0 Å². The molecule has 66 valence electrons. The summed E-state index contributed by atoms with van der Waals surface area (Å²) in [5, 5.41) is 0. The lowest BCUT2D eigenvalue weighted by Crippen LogP contribution is -1.98. The van der Waals surface area contributed by atoms with Crippen LogP contribution in [0.1, 0.15) is 18.2 Å². The molecule has 1 rings (SSSR count). The molecule has 1 aromatic heterocycles. The zero-order valence-electron chi connectivity index (χ0n) is 7.37. The third-order valence-corrected chi connectivity index (χ3v) is 2.01. The average Bonchev–Trinajstić information content (AvgIpc) is 2.09. The molecule has 0 aliphatic rings. The van der Waals surface area contributed by atoms with Crippen molar-refractivity contribution < 1.29 is 4.74 Å². The van der Waals surface area contributed by atoms with Gasteiger partial charge in [0.25, 0.3) is 0 Å². The summed E-state index contributed by atoms with van der Waals surface area (Å²) in [7, 11) is 0. The lowest BCUT2D eigenvalue weighted by Gasteiger charge is -2.08. The maximum absolute atomic E-state index is 5.41. The first-order valence-electron chi connectivity index (χ1n) is 3.97. The standard InChI is InChI=1S/C9H13NOS/c1-3-11-9-4-5-10-8(6-12)7(9)2/h4-5,12H,3,6H2,1-2H3. The third kappa shape index (κ3) is 1.91. The van der Waals surface area contributed by atoms with Gasteiger partial charge in [-0.1, -0.05) is 0 Å². The molecule has 0 N–H and O–H groups in total. The van der Waals surface area contributed by atoms with Crippen molar-refractivity contribution >= 4 is 12.6 Å². The summed E-state index contributed by atoms with van der Waals surface area (Å²) in [6.45, 7) is 4.67. The van der Waals surface area contributed by atoms with Crippen LogP contribution in [0.25, 0.3) is 0 Å². The highest BCUT2D eigenvalue weighted by atomic mass is 32.1. The van der Waals surface area contributed by atoms with E-state index in [2.05, 4.69) is 17.6 Å². The largest absolute Gasteiger partial charge is 0.493 e. The van der Waals surface area contributed by atoms with Crippen molar-refractivity contribution in [3.63, 3.8) is 0 Å². The Balaban J connectivity index is 2.97. The molecule has 0 unspecified atom stereocenters. The first-order valence-corrected chi connectivity index (χ1v) is 4.61. The van der Waals surface area contributed by atoms with Gasteiger partial charge >= 0.3 is 0 Å². The van der Waals surface area contributed by atoms with Crippen LogP contribution in [-0.2, 0) is 5.75 Å². The molecule has 0 aliphatic carbocycles. The number of hydrogen-bond acceptors (Lipinski definition) is 3. The Bertz CT molecular complexity index is 263. The molecule has 0 saturated carbocycles. The van der Waals surface area contributed by atoms with Gasteiger partial charge in [-0.3, -0.25) is 4.98 Å². The van der Waals surface area contributed by atoms with E-state index in [1.165, 1.54) is 0 Å². The fourth-order valence-electron chi connectivity index (χ4n) is 1.03. The van der Waals surface area contributed by atoms with E-state index in [9.17, 15) is 0 Å². The number of rotatable bonds is 3. The van der Waals surface area contributed by atoms with Gasteiger partial charge in [-0.05, 0) is 19.9 Å². The maximum Gasteiger partial charge on any atom is 0.125 e. The topological polar surface area (TPSA) is 22.1 Å². The van der Waals surface area contributed by atoms with E-state index in [0.29, 0.717) is 12.4 Å². The first kappa shape index (κ1) is 9.39. The number of nitrogens with zero attached hydrogens (tertiary/aromatic N) is 1. The molecule has 0 atom stereocenters. The lowest BCUT2D eigenvalue weighted by molar-refractivity contribution is 0.337. The highest BCUT2D eigenvalue weighted by Crippen LogP contribution is 2.20.